The number of aliphatic carboxylic acids is 1. The molecule has 112 valence electrons. The molecular formula is C14H15BrClN3O2. The molecule has 21 heavy (non-hydrogen) atoms. The van der Waals surface area contributed by atoms with Crippen molar-refractivity contribution in [3.05, 3.63) is 41.4 Å². The Morgan fingerprint density at radius 3 is 2.67 bits per heavy atom. The van der Waals surface area contributed by atoms with Crippen LogP contribution in [0.5, 0.6) is 0 Å². The van der Waals surface area contributed by atoms with E-state index in [4.69, 9.17) is 22.4 Å². The summed E-state index contributed by atoms with van der Waals surface area (Å²) in [5, 5.41) is 13.7. The molecule has 0 amide bonds. The summed E-state index contributed by atoms with van der Waals surface area (Å²) in [6.45, 7) is 0.455. The number of nitrogens with zero attached hydrogens (tertiary/aromatic N) is 2. The van der Waals surface area contributed by atoms with Crippen molar-refractivity contribution in [2.75, 3.05) is 5.73 Å². The van der Waals surface area contributed by atoms with Crippen LogP contribution < -0.4 is 27.4 Å². The highest BCUT2D eigenvalue weighted by molar-refractivity contribution is 6.33. The fourth-order valence-electron chi connectivity index (χ4n) is 1.84. The number of carbonyl (C=O) groups is 1. The maximum Gasteiger partial charge on any atom is 0.303 e. The molecule has 0 saturated heterocycles. The number of rotatable bonds is 5. The van der Waals surface area contributed by atoms with Crippen LogP contribution in [0.4, 0.5) is 5.82 Å². The minimum atomic E-state index is -0.827. The minimum absolute atomic E-state index is 0. The molecule has 0 spiro atoms. The molecule has 0 fully saturated rings. The predicted molar refractivity (Wildman–Crippen MR) is 76.2 cm³/mol. The van der Waals surface area contributed by atoms with Gasteiger partial charge >= 0.3 is 5.97 Å². The van der Waals surface area contributed by atoms with Crippen LogP contribution in [0.1, 0.15) is 12.8 Å². The Bertz CT molecular complexity index is 637. The van der Waals surface area contributed by atoms with Gasteiger partial charge in [0.25, 0.3) is 5.82 Å². The Kier molecular flexibility index (Phi) is 6.58. The van der Waals surface area contributed by atoms with E-state index in [0.29, 0.717) is 29.5 Å². The first-order chi connectivity index (χ1) is 9.58. The number of carboxylic acid groups (broad SMARTS) is 1. The smallest absolute Gasteiger partial charge is 0.303 e. The van der Waals surface area contributed by atoms with E-state index in [1.807, 2.05) is 18.2 Å². The average molecular weight is 373 g/mol. The Balaban J connectivity index is 0.00000220. The van der Waals surface area contributed by atoms with Gasteiger partial charge in [-0.15, -0.1) is 4.68 Å². The highest BCUT2D eigenvalue weighted by Crippen LogP contribution is 2.25. The zero-order valence-electron chi connectivity index (χ0n) is 11.2. The summed E-state index contributed by atoms with van der Waals surface area (Å²) in [5.41, 5.74) is 7.37. The molecule has 0 saturated carbocycles. The molecule has 0 bridgehead atoms. The van der Waals surface area contributed by atoms with Crippen LogP contribution in [0, 0.1) is 0 Å². The molecular weight excluding hydrogens is 358 g/mol. The van der Waals surface area contributed by atoms with E-state index < -0.39 is 5.97 Å². The minimum Gasteiger partial charge on any atom is -1.00 e. The lowest BCUT2D eigenvalue weighted by Gasteiger charge is -2.05. The molecule has 7 heteroatoms. The number of carboxylic acids is 1. The molecule has 0 aliphatic rings. The van der Waals surface area contributed by atoms with Crippen molar-refractivity contribution in [3.8, 4) is 11.3 Å². The van der Waals surface area contributed by atoms with E-state index in [1.165, 1.54) is 0 Å². The van der Waals surface area contributed by atoms with E-state index in [-0.39, 0.29) is 23.4 Å². The van der Waals surface area contributed by atoms with Gasteiger partial charge in [0.15, 0.2) is 0 Å². The molecule has 1 aromatic heterocycles. The average Bonchev–Trinajstić information content (AvgIpc) is 2.41. The molecule has 0 aliphatic carbocycles. The summed E-state index contributed by atoms with van der Waals surface area (Å²) in [6.07, 6.45) is 0.563. The third kappa shape index (κ3) is 4.68. The molecule has 1 heterocycles. The molecule has 0 unspecified atom stereocenters. The number of nitrogens with two attached hydrogens (primary N) is 1. The lowest BCUT2D eigenvalue weighted by atomic mass is 10.1. The fourth-order valence-corrected chi connectivity index (χ4v) is 2.08. The molecule has 0 atom stereocenters. The second kappa shape index (κ2) is 7.95. The normalized spacial score (nSPS) is 9.95. The maximum absolute atomic E-state index is 10.5. The van der Waals surface area contributed by atoms with Gasteiger partial charge in [-0.25, -0.2) is 0 Å². The zero-order valence-corrected chi connectivity index (χ0v) is 13.5. The molecule has 1 aromatic carbocycles. The van der Waals surface area contributed by atoms with Gasteiger partial charge in [-0.3, -0.25) is 10.5 Å². The van der Waals surface area contributed by atoms with Crippen molar-refractivity contribution in [3.63, 3.8) is 0 Å². The summed E-state index contributed by atoms with van der Waals surface area (Å²) in [4.78, 5) is 10.5. The first-order valence-electron chi connectivity index (χ1n) is 6.21. The van der Waals surface area contributed by atoms with Gasteiger partial charge in [0.2, 0.25) is 0 Å². The van der Waals surface area contributed by atoms with E-state index in [2.05, 4.69) is 5.10 Å². The van der Waals surface area contributed by atoms with E-state index >= 15 is 0 Å². The van der Waals surface area contributed by atoms with Crippen LogP contribution in [0.15, 0.2) is 36.4 Å². The predicted octanol–water partition coefficient (Wildman–Crippen LogP) is -0.859. The quantitative estimate of drug-likeness (QED) is 0.670. The number of nitrogen functional groups attached to an aromatic ring is 1. The lowest BCUT2D eigenvalue weighted by molar-refractivity contribution is -0.739. The van der Waals surface area contributed by atoms with Crippen LogP contribution >= 0.6 is 11.6 Å². The van der Waals surface area contributed by atoms with Crippen molar-refractivity contribution in [2.45, 2.75) is 19.4 Å². The van der Waals surface area contributed by atoms with E-state index in [9.17, 15) is 4.79 Å². The third-order valence-corrected chi connectivity index (χ3v) is 3.18. The summed E-state index contributed by atoms with van der Waals surface area (Å²) in [7, 11) is 0. The molecule has 2 aromatic rings. The highest BCUT2D eigenvalue weighted by atomic mass is 79.9. The molecule has 5 nitrogen and oxygen atoms in total. The highest BCUT2D eigenvalue weighted by Gasteiger charge is 2.12. The van der Waals surface area contributed by atoms with Gasteiger partial charge in [0, 0.05) is 18.1 Å². The van der Waals surface area contributed by atoms with Crippen molar-refractivity contribution >= 4 is 23.4 Å². The van der Waals surface area contributed by atoms with Gasteiger partial charge < -0.3 is 22.1 Å². The number of anilines is 1. The largest absolute Gasteiger partial charge is 1.00 e. The number of halogens is 2. The standard InChI is InChI=1S/C14H14ClN3O2.BrH/c15-11-5-2-1-4-10(11)12-7-8-13(16)18(17-12)9-3-6-14(19)20;/h1-2,4-5,7-8,16H,3,6,9H2,(H,19,20);1H. The van der Waals surface area contributed by atoms with Gasteiger partial charge in [-0.05, 0) is 18.6 Å². The van der Waals surface area contributed by atoms with Crippen molar-refractivity contribution in [1.29, 1.82) is 0 Å². The van der Waals surface area contributed by atoms with Crippen molar-refractivity contribution < 1.29 is 31.6 Å². The van der Waals surface area contributed by atoms with Gasteiger partial charge in [-0.2, -0.15) is 0 Å². The van der Waals surface area contributed by atoms with Gasteiger partial charge in [0.05, 0.1) is 5.02 Å². The summed E-state index contributed by atoms with van der Waals surface area (Å²) in [5.74, 6) is -0.336. The maximum atomic E-state index is 10.5. The zero-order chi connectivity index (χ0) is 14.5. The van der Waals surface area contributed by atoms with Crippen molar-refractivity contribution in [1.82, 2.24) is 5.10 Å². The summed E-state index contributed by atoms with van der Waals surface area (Å²) >= 11 is 6.14. The summed E-state index contributed by atoms with van der Waals surface area (Å²) in [6, 6.07) is 10.9. The number of aromatic nitrogens is 2. The molecule has 3 N–H and O–H groups in total. The topological polar surface area (TPSA) is 80.1 Å². The third-order valence-electron chi connectivity index (χ3n) is 2.85. The molecule has 0 radical (unpaired) electrons. The molecule has 2 rings (SSSR count). The summed E-state index contributed by atoms with van der Waals surface area (Å²) < 4.78 is 1.60. The Morgan fingerprint density at radius 1 is 1.29 bits per heavy atom. The van der Waals surface area contributed by atoms with Gasteiger partial charge in [-0.1, -0.05) is 34.9 Å². The number of benzene rings is 1. The monoisotopic (exact) mass is 371 g/mol. The second-order valence-electron chi connectivity index (χ2n) is 4.34. The van der Waals surface area contributed by atoms with Crippen LogP contribution in [0.25, 0.3) is 11.3 Å². The van der Waals surface area contributed by atoms with Gasteiger partial charge in [0.1, 0.15) is 12.2 Å². The Hall–Kier alpha value is -1.66. The van der Waals surface area contributed by atoms with Crippen LogP contribution in [-0.4, -0.2) is 16.2 Å². The Morgan fingerprint density at radius 2 is 2.00 bits per heavy atom. The molecule has 0 aliphatic heterocycles. The van der Waals surface area contributed by atoms with Crippen LogP contribution in [0.3, 0.4) is 0 Å². The van der Waals surface area contributed by atoms with E-state index in [1.54, 1.807) is 22.9 Å². The fraction of sp³-hybridized carbons (Fsp3) is 0.214. The first-order valence-corrected chi connectivity index (χ1v) is 6.59. The SMILES string of the molecule is Nc1ccc(-c2ccccc2Cl)n[n+]1CCCC(=O)O.[Br-]. The number of hydrogen-bond acceptors (Lipinski definition) is 3. The van der Waals surface area contributed by atoms with Crippen LogP contribution in [0.2, 0.25) is 5.02 Å². The van der Waals surface area contributed by atoms with Crippen LogP contribution in [-0.2, 0) is 11.3 Å². The number of hydrogen-bond donors (Lipinski definition) is 2. The first kappa shape index (κ1) is 17.4. The van der Waals surface area contributed by atoms with E-state index in [0.717, 1.165) is 5.56 Å². The Labute approximate surface area is 138 Å². The van der Waals surface area contributed by atoms with Crippen molar-refractivity contribution in [2.24, 2.45) is 0 Å². The number of aryl methyl sites for hydroxylation is 1. The lowest BCUT2D eigenvalue weighted by Crippen LogP contribution is -3.00. The second-order valence-corrected chi connectivity index (χ2v) is 4.75.